The van der Waals surface area contributed by atoms with E-state index in [1.807, 2.05) is 0 Å². The second-order valence-electron chi connectivity index (χ2n) is 11.8. The van der Waals surface area contributed by atoms with Crippen molar-refractivity contribution in [2.45, 2.75) is 77.9 Å². The summed E-state index contributed by atoms with van der Waals surface area (Å²) in [6, 6.07) is 6.42. The summed E-state index contributed by atoms with van der Waals surface area (Å²) in [5, 5.41) is 26.7. The van der Waals surface area contributed by atoms with Gasteiger partial charge in [-0.2, -0.15) is 0 Å². The van der Waals surface area contributed by atoms with Crippen LogP contribution in [0.4, 0.5) is 0 Å². The molecule has 7 nitrogen and oxygen atoms in total. The first-order chi connectivity index (χ1) is 17.2. The van der Waals surface area contributed by atoms with Gasteiger partial charge in [-0.05, 0) is 104 Å². The summed E-state index contributed by atoms with van der Waals surface area (Å²) in [5.74, 6) is 0.802. The van der Waals surface area contributed by atoms with Crippen LogP contribution < -0.4 is 5.32 Å². The molecule has 3 fully saturated rings. The van der Waals surface area contributed by atoms with E-state index in [2.05, 4.69) is 30.4 Å². The van der Waals surface area contributed by atoms with Gasteiger partial charge in [0.2, 0.25) is 0 Å². The number of aliphatic hydroxyl groups excluding tert-OH is 1. The average molecular weight is 495 g/mol. The lowest BCUT2D eigenvalue weighted by molar-refractivity contribution is -0.125. The maximum Gasteiger partial charge on any atom is 0.335 e. The molecule has 3 saturated carbocycles. The Morgan fingerprint density at radius 2 is 1.83 bits per heavy atom. The minimum Gasteiger partial charge on any atom is -0.478 e. The molecule has 36 heavy (non-hydrogen) atoms. The number of aromatic carboxylic acids is 1. The van der Waals surface area contributed by atoms with Gasteiger partial charge in [0.25, 0.3) is 5.91 Å². The first-order valence-corrected chi connectivity index (χ1v) is 13.4. The van der Waals surface area contributed by atoms with Gasteiger partial charge in [0.15, 0.2) is 6.61 Å². The molecule has 4 aliphatic rings. The van der Waals surface area contributed by atoms with Gasteiger partial charge >= 0.3 is 5.97 Å². The van der Waals surface area contributed by atoms with E-state index in [4.69, 9.17) is 9.94 Å². The van der Waals surface area contributed by atoms with Crippen molar-refractivity contribution in [1.82, 2.24) is 5.32 Å². The highest BCUT2D eigenvalue weighted by Crippen LogP contribution is 2.65. The Hall–Kier alpha value is -2.67. The first-order valence-electron chi connectivity index (χ1n) is 13.4. The number of rotatable bonds is 6. The minimum atomic E-state index is -0.973. The number of carbonyl (C=O) groups excluding carboxylic acids is 1. The Balaban J connectivity index is 1.15. The number of hydrogen-bond donors (Lipinski definition) is 3. The van der Waals surface area contributed by atoms with Crippen LogP contribution in [0, 0.1) is 28.6 Å². The number of hydrogen-bond acceptors (Lipinski definition) is 5. The molecule has 0 saturated heterocycles. The van der Waals surface area contributed by atoms with E-state index in [0.29, 0.717) is 24.3 Å². The second kappa shape index (κ2) is 9.66. The van der Waals surface area contributed by atoms with Gasteiger partial charge in [0.05, 0.1) is 17.4 Å². The normalized spacial score (nSPS) is 36.3. The Labute approximate surface area is 213 Å². The van der Waals surface area contributed by atoms with Crippen LogP contribution in [0.25, 0.3) is 0 Å². The van der Waals surface area contributed by atoms with Crippen molar-refractivity contribution in [2.75, 3.05) is 6.61 Å². The van der Waals surface area contributed by atoms with Crippen LogP contribution in [-0.4, -0.2) is 40.5 Å². The van der Waals surface area contributed by atoms with Gasteiger partial charge in [-0.15, -0.1) is 0 Å². The highest BCUT2D eigenvalue weighted by molar-refractivity contribution is 5.96. The highest BCUT2D eigenvalue weighted by atomic mass is 16.6. The molecular weight excluding hydrogens is 456 g/mol. The molecule has 5 rings (SSSR count). The Kier molecular flexibility index (Phi) is 6.70. The van der Waals surface area contributed by atoms with Gasteiger partial charge < -0.3 is 20.4 Å². The number of carboxylic acids is 1. The molecular formula is C29H38N2O5. The lowest BCUT2D eigenvalue weighted by Crippen LogP contribution is -2.51. The zero-order chi connectivity index (χ0) is 25.5. The van der Waals surface area contributed by atoms with E-state index in [-0.39, 0.29) is 35.0 Å². The topological polar surface area (TPSA) is 108 Å². The fourth-order valence-electron chi connectivity index (χ4n) is 7.81. The predicted molar refractivity (Wildman–Crippen MR) is 136 cm³/mol. The van der Waals surface area contributed by atoms with Crippen LogP contribution in [-0.2, 0) is 16.2 Å². The molecule has 4 aliphatic carbocycles. The summed E-state index contributed by atoms with van der Waals surface area (Å²) in [6.07, 6.45) is 10.7. The van der Waals surface area contributed by atoms with Gasteiger partial charge in [-0.3, -0.25) is 4.79 Å². The molecule has 0 aliphatic heterocycles. The number of fused-ring (bicyclic) bond motifs is 5. The highest BCUT2D eigenvalue weighted by Gasteiger charge is 2.58. The van der Waals surface area contributed by atoms with E-state index in [1.54, 1.807) is 12.1 Å². The average Bonchev–Trinajstić information content (AvgIpc) is 3.17. The molecule has 194 valence electrons. The summed E-state index contributed by atoms with van der Waals surface area (Å²) in [7, 11) is 0. The fraction of sp³-hybridized carbons (Fsp3) is 0.621. The fourth-order valence-corrected chi connectivity index (χ4v) is 7.81. The van der Waals surface area contributed by atoms with Crippen molar-refractivity contribution < 1.29 is 24.6 Å². The van der Waals surface area contributed by atoms with Gasteiger partial charge in [-0.25, -0.2) is 4.79 Å². The molecule has 0 heterocycles. The van der Waals surface area contributed by atoms with E-state index in [1.165, 1.54) is 37.0 Å². The third kappa shape index (κ3) is 4.47. The lowest BCUT2D eigenvalue weighted by Gasteiger charge is -2.57. The van der Waals surface area contributed by atoms with E-state index in [9.17, 15) is 14.7 Å². The van der Waals surface area contributed by atoms with Crippen LogP contribution in [0.15, 0.2) is 41.1 Å². The maximum absolute atomic E-state index is 12.2. The van der Waals surface area contributed by atoms with Crippen LogP contribution in [0.1, 0.15) is 81.1 Å². The van der Waals surface area contributed by atoms with E-state index >= 15 is 0 Å². The zero-order valence-electron chi connectivity index (χ0n) is 21.3. The molecule has 0 radical (unpaired) electrons. The summed E-state index contributed by atoms with van der Waals surface area (Å²) in [4.78, 5) is 28.5. The van der Waals surface area contributed by atoms with Crippen LogP contribution in [0.2, 0.25) is 0 Å². The molecule has 0 bridgehead atoms. The molecule has 1 aromatic carbocycles. The number of carboxylic acid groups (broad SMARTS) is 1. The standard InChI is InChI=1S/C29H38N2O5/c1-28-13-11-21(31-36-17-26(33)30-16-18-3-5-19(6-4-18)27(34)35)15-20(28)7-8-22-23-9-10-25(32)29(23,2)14-12-24(22)28/h3-6,15,22-25,32H,7-14,16-17H2,1-2H3,(H,30,33)(H,34,35)/t22-,23-,24-,25-,28-,29-/m0/s1. The molecule has 1 amide bonds. The number of benzene rings is 1. The van der Waals surface area contributed by atoms with Crippen molar-refractivity contribution >= 4 is 17.6 Å². The minimum absolute atomic E-state index is 0.108. The molecule has 3 N–H and O–H groups in total. The third-order valence-electron chi connectivity index (χ3n) is 10.00. The molecule has 0 spiro atoms. The zero-order valence-corrected chi connectivity index (χ0v) is 21.3. The van der Waals surface area contributed by atoms with Crippen molar-refractivity contribution in [2.24, 2.45) is 33.7 Å². The Morgan fingerprint density at radius 3 is 2.58 bits per heavy atom. The van der Waals surface area contributed by atoms with Crippen molar-refractivity contribution in [1.29, 1.82) is 0 Å². The van der Waals surface area contributed by atoms with Crippen LogP contribution >= 0.6 is 0 Å². The van der Waals surface area contributed by atoms with Gasteiger partial charge in [0, 0.05) is 6.54 Å². The smallest absolute Gasteiger partial charge is 0.335 e. The first kappa shape index (κ1) is 25.0. The molecule has 1 aromatic rings. The van der Waals surface area contributed by atoms with Crippen molar-refractivity contribution in [3.8, 4) is 0 Å². The number of nitrogens with one attached hydrogen (secondary N) is 1. The summed E-state index contributed by atoms with van der Waals surface area (Å²) >= 11 is 0. The number of amides is 1. The lowest BCUT2D eigenvalue weighted by atomic mass is 9.47. The quantitative estimate of drug-likeness (QED) is 0.497. The number of aliphatic hydroxyl groups is 1. The summed E-state index contributed by atoms with van der Waals surface area (Å²) in [5.41, 5.74) is 3.74. The van der Waals surface area contributed by atoms with Gasteiger partial charge in [-0.1, -0.05) is 36.7 Å². The monoisotopic (exact) mass is 494 g/mol. The SMILES string of the molecule is C[C@]12CC[C@H]3[C@@H](CCC4=CC(=NOCC(=O)NCc5ccc(C(=O)O)cc5)CC[C@@]43C)[C@@H]1CC[C@@H]2O. The molecule has 6 atom stereocenters. The second-order valence-corrected chi connectivity index (χ2v) is 11.8. The number of allylic oxidation sites excluding steroid dienone is 2. The summed E-state index contributed by atoms with van der Waals surface area (Å²) < 4.78 is 0. The number of oxime groups is 1. The van der Waals surface area contributed by atoms with Crippen molar-refractivity contribution in [3.63, 3.8) is 0 Å². The molecule has 0 aromatic heterocycles. The third-order valence-corrected chi connectivity index (χ3v) is 10.00. The Bertz CT molecular complexity index is 1080. The number of nitrogens with zero attached hydrogens (tertiary/aromatic N) is 1. The summed E-state index contributed by atoms with van der Waals surface area (Å²) in [6.45, 7) is 4.93. The van der Waals surface area contributed by atoms with Crippen LogP contribution in [0.5, 0.6) is 0 Å². The largest absolute Gasteiger partial charge is 0.478 e. The molecule has 7 heteroatoms. The number of carbonyl (C=O) groups is 2. The predicted octanol–water partition coefficient (Wildman–Crippen LogP) is 4.70. The Morgan fingerprint density at radius 1 is 1.06 bits per heavy atom. The van der Waals surface area contributed by atoms with Crippen LogP contribution in [0.3, 0.4) is 0 Å². The maximum atomic E-state index is 12.2. The van der Waals surface area contributed by atoms with Crippen molar-refractivity contribution in [3.05, 3.63) is 47.0 Å². The van der Waals surface area contributed by atoms with E-state index in [0.717, 1.165) is 43.4 Å². The molecule has 0 unspecified atom stereocenters. The van der Waals surface area contributed by atoms with Gasteiger partial charge in [0.1, 0.15) is 0 Å². The van der Waals surface area contributed by atoms with E-state index < -0.39 is 5.97 Å².